The van der Waals surface area contributed by atoms with Crippen LogP contribution in [0.25, 0.3) is 0 Å². The summed E-state index contributed by atoms with van der Waals surface area (Å²) in [5.41, 5.74) is 0. The maximum absolute atomic E-state index is 12.2. The second-order valence-electron chi connectivity index (χ2n) is 5.93. The predicted octanol–water partition coefficient (Wildman–Crippen LogP) is 0.929. The van der Waals surface area contributed by atoms with Crippen molar-refractivity contribution in [3.8, 4) is 0 Å². The van der Waals surface area contributed by atoms with Gasteiger partial charge in [0.2, 0.25) is 5.91 Å². The summed E-state index contributed by atoms with van der Waals surface area (Å²) in [7, 11) is 2.02. The van der Waals surface area contributed by atoms with Crippen molar-refractivity contribution in [3.63, 3.8) is 0 Å². The molecule has 1 N–H and O–H groups in total. The molecule has 4 heteroatoms. The average molecular weight is 253 g/mol. The molecule has 1 atom stereocenters. The number of amides is 1. The topological polar surface area (TPSA) is 35.6 Å². The van der Waals surface area contributed by atoms with Crippen LogP contribution in [0.15, 0.2) is 0 Å². The number of hydrogen-bond acceptors (Lipinski definition) is 3. The molecule has 0 radical (unpaired) electrons. The quantitative estimate of drug-likeness (QED) is 0.813. The zero-order chi connectivity index (χ0) is 13.0. The average Bonchev–Trinajstić information content (AvgIpc) is 2.39. The molecule has 104 valence electrons. The van der Waals surface area contributed by atoms with Gasteiger partial charge in [0.25, 0.3) is 0 Å². The molecule has 2 fully saturated rings. The third-order valence-electron chi connectivity index (χ3n) is 4.41. The van der Waals surface area contributed by atoms with Crippen molar-refractivity contribution >= 4 is 5.91 Å². The van der Waals surface area contributed by atoms with E-state index in [1.54, 1.807) is 0 Å². The second-order valence-corrected chi connectivity index (χ2v) is 5.93. The van der Waals surface area contributed by atoms with Gasteiger partial charge in [-0.3, -0.25) is 9.69 Å². The van der Waals surface area contributed by atoms with Crippen LogP contribution < -0.4 is 5.32 Å². The molecule has 0 aromatic carbocycles. The van der Waals surface area contributed by atoms with Crippen molar-refractivity contribution < 1.29 is 4.79 Å². The summed E-state index contributed by atoms with van der Waals surface area (Å²) in [4.78, 5) is 16.6. The molecule has 0 saturated carbocycles. The minimum absolute atomic E-state index is 0.332. The highest BCUT2D eigenvalue weighted by atomic mass is 16.2. The molecule has 0 aliphatic carbocycles. The van der Waals surface area contributed by atoms with Crippen LogP contribution >= 0.6 is 0 Å². The van der Waals surface area contributed by atoms with E-state index in [1.165, 1.54) is 25.7 Å². The van der Waals surface area contributed by atoms with Crippen LogP contribution in [-0.2, 0) is 4.79 Å². The summed E-state index contributed by atoms with van der Waals surface area (Å²) in [6, 6.07) is 0.563. The summed E-state index contributed by atoms with van der Waals surface area (Å²) in [6.45, 7) is 6.92. The van der Waals surface area contributed by atoms with E-state index in [0.717, 1.165) is 32.1 Å². The molecule has 2 rings (SSSR count). The molecule has 2 heterocycles. The maximum Gasteiger partial charge on any atom is 0.236 e. The highest BCUT2D eigenvalue weighted by molar-refractivity contribution is 5.78. The fourth-order valence-electron chi connectivity index (χ4n) is 2.98. The highest BCUT2D eigenvalue weighted by Crippen LogP contribution is 2.17. The van der Waals surface area contributed by atoms with Crippen molar-refractivity contribution in [2.45, 2.75) is 38.6 Å². The summed E-state index contributed by atoms with van der Waals surface area (Å²) >= 11 is 0. The Labute approximate surface area is 111 Å². The molecule has 0 spiro atoms. The van der Waals surface area contributed by atoms with E-state index in [1.807, 2.05) is 7.05 Å². The lowest BCUT2D eigenvalue weighted by molar-refractivity contribution is -0.134. The van der Waals surface area contributed by atoms with E-state index >= 15 is 0 Å². The van der Waals surface area contributed by atoms with Gasteiger partial charge in [-0.05, 0) is 45.2 Å². The number of carbonyl (C=O) groups excluding carboxylic acids is 1. The summed E-state index contributed by atoms with van der Waals surface area (Å²) in [5, 5.41) is 3.33. The van der Waals surface area contributed by atoms with Gasteiger partial charge in [0.05, 0.1) is 6.54 Å². The van der Waals surface area contributed by atoms with E-state index in [4.69, 9.17) is 0 Å². The summed E-state index contributed by atoms with van der Waals surface area (Å²) < 4.78 is 0. The fourth-order valence-corrected chi connectivity index (χ4v) is 2.98. The Morgan fingerprint density at radius 3 is 2.61 bits per heavy atom. The summed E-state index contributed by atoms with van der Waals surface area (Å²) in [5.74, 6) is 1.12. The SMILES string of the molecule is CNC1CCCN(CC(=O)N2CCC(C)CC2)C1. The van der Waals surface area contributed by atoms with Gasteiger partial charge in [0.1, 0.15) is 0 Å². The van der Waals surface area contributed by atoms with Crippen LogP contribution in [0.3, 0.4) is 0 Å². The van der Waals surface area contributed by atoms with Crippen LogP contribution in [0.2, 0.25) is 0 Å². The molecule has 18 heavy (non-hydrogen) atoms. The molecule has 1 amide bonds. The van der Waals surface area contributed by atoms with Gasteiger partial charge >= 0.3 is 0 Å². The number of nitrogens with zero attached hydrogens (tertiary/aromatic N) is 2. The van der Waals surface area contributed by atoms with Crippen molar-refractivity contribution in [2.24, 2.45) is 5.92 Å². The van der Waals surface area contributed by atoms with Crippen LogP contribution in [-0.4, -0.2) is 61.5 Å². The van der Waals surface area contributed by atoms with Crippen LogP contribution in [0.1, 0.15) is 32.6 Å². The lowest BCUT2D eigenvalue weighted by Crippen LogP contribution is -2.49. The fraction of sp³-hybridized carbons (Fsp3) is 0.929. The van der Waals surface area contributed by atoms with Gasteiger partial charge in [0, 0.05) is 25.7 Å². The van der Waals surface area contributed by atoms with E-state index in [2.05, 4.69) is 22.0 Å². The first-order chi connectivity index (χ1) is 8.69. The molecule has 0 aromatic heterocycles. The van der Waals surface area contributed by atoms with Crippen LogP contribution in [0, 0.1) is 5.92 Å². The van der Waals surface area contributed by atoms with E-state index < -0.39 is 0 Å². The first kappa shape index (κ1) is 13.8. The normalized spacial score (nSPS) is 27.4. The third-order valence-corrected chi connectivity index (χ3v) is 4.41. The molecule has 1 unspecified atom stereocenters. The maximum atomic E-state index is 12.2. The largest absolute Gasteiger partial charge is 0.342 e. The molecule has 0 aromatic rings. The Kier molecular flexibility index (Phi) is 5.01. The molecule has 0 bridgehead atoms. The van der Waals surface area contributed by atoms with Crippen molar-refractivity contribution in [1.82, 2.24) is 15.1 Å². The first-order valence-corrected chi connectivity index (χ1v) is 7.36. The van der Waals surface area contributed by atoms with Gasteiger partial charge in [0.15, 0.2) is 0 Å². The standard InChI is InChI=1S/C14H27N3O/c1-12-5-8-17(9-6-12)14(18)11-16-7-3-4-13(10-16)15-2/h12-13,15H,3-11H2,1-2H3. The second kappa shape index (κ2) is 6.53. The van der Waals surface area contributed by atoms with Crippen LogP contribution in [0.5, 0.6) is 0 Å². The molecule has 2 aliphatic rings. The van der Waals surface area contributed by atoms with E-state index in [-0.39, 0.29) is 0 Å². The van der Waals surface area contributed by atoms with E-state index in [9.17, 15) is 4.79 Å². The minimum atomic E-state index is 0.332. The highest BCUT2D eigenvalue weighted by Gasteiger charge is 2.24. The van der Waals surface area contributed by atoms with Crippen LogP contribution in [0.4, 0.5) is 0 Å². The number of likely N-dealkylation sites (tertiary alicyclic amines) is 2. The van der Waals surface area contributed by atoms with Gasteiger partial charge in [-0.25, -0.2) is 0 Å². The smallest absolute Gasteiger partial charge is 0.236 e. The number of piperidine rings is 2. The van der Waals surface area contributed by atoms with Crippen molar-refractivity contribution in [1.29, 1.82) is 0 Å². The lowest BCUT2D eigenvalue weighted by atomic mass is 9.99. The molecule has 2 aliphatic heterocycles. The Balaban J connectivity index is 1.76. The first-order valence-electron chi connectivity index (χ1n) is 7.36. The number of hydrogen-bond donors (Lipinski definition) is 1. The zero-order valence-electron chi connectivity index (χ0n) is 11.8. The minimum Gasteiger partial charge on any atom is -0.342 e. The van der Waals surface area contributed by atoms with E-state index in [0.29, 0.717) is 18.5 Å². The third kappa shape index (κ3) is 3.69. The van der Waals surface area contributed by atoms with Crippen molar-refractivity contribution in [3.05, 3.63) is 0 Å². The summed E-state index contributed by atoms with van der Waals surface area (Å²) in [6.07, 6.45) is 4.79. The number of nitrogens with one attached hydrogen (secondary N) is 1. The molecular weight excluding hydrogens is 226 g/mol. The monoisotopic (exact) mass is 253 g/mol. The Morgan fingerprint density at radius 2 is 1.94 bits per heavy atom. The molecular formula is C14H27N3O. The zero-order valence-corrected chi connectivity index (χ0v) is 11.8. The van der Waals surface area contributed by atoms with Gasteiger partial charge < -0.3 is 10.2 Å². The van der Waals surface area contributed by atoms with Gasteiger partial charge in [-0.15, -0.1) is 0 Å². The lowest BCUT2D eigenvalue weighted by Gasteiger charge is -2.35. The van der Waals surface area contributed by atoms with Gasteiger partial charge in [-0.2, -0.15) is 0 Å². The number of likely N-dealkylation sites (N-methyl/N-ethyl adjacent to an activating group) is 1. The molecule has 4 nitrogen and oxygen atoms in total. The number of rotatable bonds is 3. The Bertz CT molecular complexity index is 274. The Morgan fingerprint density at radius 1 is 1.22 bits per heavy atom. The van der Waals surface area contributed by atoms with Gasteiger partial charge in [-0.1, -0.05) is 6.92 Å². The molecule has 2 saturated heterocycles. The predicted molar refractivity (Wildman–Crippen MR) is 73.5 cm³/mol. The number of carbonyl (C=O) groups is 1. The van der Waals surface area contributed by atoms with Crippen molar-refractivity contribution in [2.75, 3.05) is 39.8 Å². The Hall–Kier alpha value is -0.610.